The summed E-state index contributed by atoms with van der Waals surface area (Å²) >= 11 is 1.35. The number of amidine groups is 1. The van der Waals surface area contributed by atoms with Gasteiger partial charge in [-0.15, -0.1) is 23.4 Å². The molecule has 5 rings (SSSR count). The Morgan fingerprint density at radius 1 is 0.947 bits per heavy atom. The van der Waals surface area contributed by atoms with Gasteiger partial charge in [-0.05, 0) is 42.0 Å². The Hall–Kier alpha value is -4.26. The fourth-order valence-corrected chi connectivity index (χ4v) is 4.52. The molecule has 7 nitrogen and oxygen atoms in total. The van der Waals surface area contributed by atoms with E-state index < -0.39 is 18.0 Å². The van der Waals surface area contributed by atoms with Crippen LogP contribution in [0.3, 0.4) is 0 Å². The van der Waals surface area contributed by atoms with E-state index in [2.05, 4.69) is 25.0 Å². The molecule has 0 bridgehead atoms. The van der Waals surface area contributed by atoms with E-state index in [0.717, 1.165) is 5.56 Å². The van der Waals surface area contributed by atoms with Crippen molar-refractivity contribution in [2.24, 2.45) is 10.2 Å². The summed E-state index contributed by atoms with van der Waals surface area (Å²) in [5, 5.41) is 13.0. The first-order chi connectivity index (χ1) is 18.3. The zero-order chi connectivity index (χ0) is 26.7. The lowest BCUT2D eigenvalue weighted by atomic mass is 10.1. The van der Waals surface area contributed by atoms with Crippen molar-refractivity contribution in [2.45, 2.75) is 6.36 Å². The molecule has 0 atom stereocenters. The molecule has 194 valence electrons. The van der Waals surface area contributed by atoms with Gasteiger partial charge in [0.2, 0.25) is 0 Å². The minimum absolute atomic E-state index is 0.145. The number of para-hydroxylation sites is 1. The van der Waals surface area contributed by atoms with Gasteiger partial charge >= 0.3 is 6.36 Å². The van der Waals surface area contributed by atoms with Crippen LogP contribution in [0, 0.1) is 11.6 Å². The van der Waals surface area contributed by atoms with Crippen LogP contribution in [0.15, 0.2) is 83.3 Å². The second kappa shape index (κ2) is 10.6. The Morgan fingerprint density at radius 3 is 2.34 bits per heavy atom. The standard InChI is InChI=1S/C25H17F5N6OS/c26-20-2-1-3-21(27)22(20)35-12-13-38-24(35)33-32-14-16-4-6-17(7-5-16)23-31-15-36(34-23)18-8-10-19(11-9-18)37-25(28,29)30/h1-11,14-15H,12-13H2/b32-14+,33-24-. The molecule has 4 aromatic rings. The van der Waals surface area contributed by atoms with Gasteiger partial charge in [0.25, 0.3) is 0 Å². The summed E-state index contributed by atoms with van der Waals surface area (Å²) in [5.74, 6) is -0.620. The molecule has 13 heteroatoms. The second-order valence-electron chi connectivity index (χ2n) is 7.87. The third kappa shape index (κ3) is 5.83. The Balaban J connectivity index is 1.26. The van der Waals surface area contributed by atoms with Crippen molar-refractivity contribution in [3.63, 3.8) is 0 Å². The number of benzene rings is 3. The predicted molar refractivity (Wildman–Crippen MR) is 135 cm³/mol. The molecular weight excluding hydrogens is 527 g/mol. The van der Waals surface area contributed by atoms with Gasteiger partial charge in [0, 0.05) is 17.9 Å². The summed E-state index contributed by atoms with van der Waals surface area (Å²) in [6.45, 7) is 0.413. The van der Waals surface area contributed by atoms with Gasteiger partial charge in [0.05, 0.1) is 11.9 Å². The highest BCUT2D eigenvalue weighted by Crippen LogP contribution is 2.30. The first-order valence-corrected chi connectivity index (χ1v) is 12.1. The van der Waals surface area contributed by atoms with Crippen LogP contribution in [0.5, 0.6) is 5.75 Å². The van der Waals surface area contributed by atoms with E-state index in [-0.39, 0.29) is 11.4 Å². The molecule has 1 aliphatic rings. The number of nitrogens with zero attached hydrogens (tertiary/aromatic N) is 6. The Kier molecular flexibility index (Phi) is 7.09. The summed E-state index contributed by atoms with van der Waals surface area (Å²) in [6, 6.07) is 16.1. The lowest BCUT2D eigenvalue weighted by molar-refractivity contribution is -0.274. The molecule has 0 spiro atoms. The highest BCUT2D eigenvalue weighted by atomic mass is 32.2. The number of thioether (sulfide) groups is 1. The molecule has 0 N–H and O–H groups in total. The highest BCUT2D eigenvalue weighted by Gasteiger charge is 2.31. The van der Waals surface area contributed by atoms with Gasteiger partial charge in [0.1, 0.15) is 29.4 Å². The molecule has 0 unspecified atom stereocenters. The summed E-state index contributed by atoms with van der Waals surface area (Å²) in [5.41, 5.74) is 1.80. The SMILES string of the molecule is Fc1cccc(F)c1N1CCS/C1=N\N=C\c1ccc(-c2ncn(-c3ccc(OC(F)(F)F)cc3)n2)cc1. The van der Waals surface area contributed by atoms with Crippen molar-refractivity contribution in [1.82, 2.24) is 14.8 Å². The third-order valence-corrected chi connectivity index (χ3v) is 6.28. The summed E-state index contributed by atoms with van der Waals surface area (Å²) in [4.78, 5) is 5.72. The number of hydrogen-bond acceptors (Lipinski definition) is 6. The van der Waals surface area contributed by atoms with Gasteiger partial charge in [-0.3, -0.25) is 0 Å². The molecule has 3 aromatic carbocycles. The average Bonchev–Trinajstić information content (AvgIpc) is 3.55. The largest absolute Gasteiger partial charge is 0.573 e. The van der Waals surface area contributed by atoms with Crippen LogP contribution in [-0.4, -0.2) is 44.8 Å². The maximum Gasteiger partial charge on any atom is 0.573 e. The van der Waals surface area contributed by atoms with E-state index >= 15 is 0 Å². The van der Waals surface area contributed by atoms with E-state index in [4.69, 9.17) is 0 Å². The third-order valence-electron chi connectivity index (χ3n) is 5.33. The Morgan fingerprint density at radius 2 is 1.66 bits per heavy atom. The fraction of sp³-hybridized carbons (Fsp3) is 0.120. The van der Waals surface area contributed by atoms with Crippen molar-refractivity contribution in [1.29, 1.82) is 0 Å². The average molecular weight is 545 g/mol. The van der Waals surface area contributed by atoms with Crippen molar-refractivity contribution >= 4 is 28.8 Å². The second-order valence-corrected chi connectivity index (χ2v) is 8.94. The quantitative estimate of drug-likeness (QED) is 0.168. The summed E-state index contributed by atoms with van der Waals surface area (Å²) < 4.78 is 70.7. The number of hydrogen-bond donors (Lipinski definition) is 0. The molecule has 0 saturated carbocycles. The molecule has 1 saturated heterocycles. The van der Waals surface area contributed by atoms with Crippen LogP contribution in [0.4, 0.5) is 27.6 Å². The van der Waals surface area contributed by atoms with E-state index in [1.54, 1.807) is 24.3 Å². The molecule has 38 heavy (non-hydrogen) atoms. The first-order valence-electron chi connectivity index (χ1n) is 11.1. The lowest BCUT2D eigenvalue weighted by Crippen LogP contribution is -2.25. The van der Waals surface area contributed by atoms with E-state index in [1.807, 2.05) is 0 Å². The maximum absolute atomic E-state index is 14.2. The van der Waals surface area contributed by atoms with Gasteiger partial charge < -0.3 is 9.64 Å². The Labute approximate surface area is 217 Å². The molecular formula is C25H17F5N6OS. The molecule has 0 amide bonds. The van der Waals surface area contributed by atoms with Gasteiger partial charge in [0.15, 0.2) is 11.0 Å². The van der Waals surface area contributed by atoms with Gasteiger partial charge in [-0.25, -0.2) is 18.4 Å². The number of ether oxygens (including phenoxy) is 1. The zero-order valence-corrected chi connectivity index (χ0v) is 20.1. The van der Waals surface area contributed by atoms with Gasteiger partial charge in [-0.2, -0.15) is 5.10 Å². The number of rotatable bonds is 6. The summed E-state index contributed by atoms with van der Waals surface area (Å²) in [6.07, 6.45) is -1.80. The first kappa shape index (κ1) is 25.4. The molecule has 1 aliphatic heterocycles. The molecule has 1 aromatic heterocycles. The maximum atomic E-state index is 14.2. The molecule has 2 heterocycles. The minimum atomic E-state index is -4.76. The topological polar surface area (TPSA) is 67.9 Å². The van der Waals surface area contributed by atoms with Crippen LogP contribution in [-0.2, 0) is 0 Å². The van der Waals surface area contributed by atoms with Crippen LogP contribution in [0.2, 0.25) is 0 Å². The highest BCUT2D eigenvalue weighted by molar-refractivity contribution is 8.14. The normalized spacial score (nSPS) is 15.1. The van der Waals surface area contributed by atoms with E-state index in [1.165, 1.54) is 76.4 Å². The number of aromatic nitrogens is 3. The molecule has 1 fully saturated rings. The van der Waals surface area contributed by atoms with E-state index in [0.29, 0.717) is 34.5 Å². The van der Waals surface area contributed by atoms with E-state index in [9.17, 15) is 22.0 Å². The van der Waals surface area contributed by atoms with Crippen molar-refractivity contribution < 1.29 is 26.7 Å². The van der Waals surface area contributed by atoms with Gasteiger partial charge in [-0.1, -0.05) is 42.1 Å². The van der Waals surface area contributed by atoms with Crippen LogP contribution < -0.4 is 9.64 Å². The zero-order valence-electron chi connectivity index (χ0n) is 19.3. The number of halogens is 5. The smallest absolute Gasteiger partial charge is 0.406 e. The minimum Gasteiger partial charge on any atom is -0.406 e. The number of anilines is 1. The lowest BCUT2D eigenvalue weighted by Gasteiger charge is -2.18. The van der Waals surface area contributed by atoms with Crippen molar-refractivity contribution in [2.75, 3.05) is 17.2 Å². The molecule has 0 aliphatic carbocycles. The molecule has 0 radical (unpaired) electrons. The fourth-order valence-electron chi connectivity index (χ4n) is 3.62. The number of alkyl halides is 3. The van der Waals surface area contributed by atoms with Crippen molar-refractivity contribution in [3.8, 4) is 22.8 Å². The predicted octanol–water partition coefficient (Wildman–Crippen LogP) is 6.05. The summed E-state index contributed by atoms with van der Waals surface area (Å²) in [7, 11) is 0. The van der Waals surface area contributed by atoms with Crippen molar-refractivity contribution in [3.05, 3.63) is 90.3 Å². The van der Waals surface area contributed by atoms with Crippen LogP contribution in [0.1, 0.15) is 5.56 Å². The van der Waals surface area contributed by atoms with Crippen LogP contribution in [0.25, 0.3) is 17.1 Å². The monoisotopic (exact) mass is 544 g/mol. The van der Waals surface area contributed by atoms with Crippen LogP contribution >= 0.6 is 11.8 Å². The Bertz CT molecular complexity index is 1470.